The lowest BCUT2D eigenvalue weighted by Gasteiger charge is -2.37. The van der Waals surface area contributed by atoms with E-state index < -0.39 is 0 Å². The normalized spacial score (nSPS) is 28.0. The van der Waals surface area contributed by atoms with Crippen LogP contribution in [0.2, 0.25) is 5.02 Å². The van der Waals surface area contributed by atoms with E-state index in [4.69, 9.17) is 11.6 Å². The molecule has 1 aromatic carbocycles. The topological polar surface area (TPSA) is 18.5 Å². The lowest BCUT2D eigenvalue weighted by molar-refractivity contribution is 0.222. The van der Waals surface area contributed by atoms with Crippen molar-refractivity contribution in [2.24, 2.45) is 5.92 Å². The molecular weight excluding hydrogens is 270 g/mol. The summed E-state index contributed by atoms with van der Waals surface area (Å²) in [4.78, 5) is 5.04. The van der Waals surface area contributed by atoms with Gasteiger partial charge < -0.3 is 10.2 Å². The number of anilines is 1. The molecule has 0 aromatic heterocycles. The highest BCUT2D eigenvalue weighted by atomic mass is 35.5. The number of hydrogen-bond acceptors (Lipinski definition) is 3. The third-order valence-electron chi connectivity index (χ3n) is 4.69. The van der Waals surface area contributed by atoms with E-state index in [-0.39, 0.29) is 0 Å². The van der Waals surface area contributed by atoms with Crippen molar-refractivity contribution >= 4 is 17.3 Å². The summed E-state index contributed by atoms with van der Waals surface area (Å²) in [6, 6.07) is 8.88. The minimum Gasteiger partial charge on any atom is -0.369 e. The summed E-state index contributed by atoms with van der Waals surface area (Å²) in [6.07, 6.45) is 1.33. The van der Waals surface area contributed by atoms with Crippen LogP contribution in [-0.2, 0) is 0 Å². The third-order valence-corrected chi connectivity index (χ3v) is 4.93. The van der Waals surface area contributed by atoms with Crippen molar-refractivity contribution < 1.29 is 0 Å². The second-order valence-corrected chi connectivity index (χ2v) is 6.53. The minimum absolute atomic E-state index is 0.688. The molecule has 4 heteroatoms. The van der Waals surface area contributed by atoms with E-state index in [1.165, 1.54) is 25.2 Å². The fourth-order valence-electron chi connectivity index (χ4n) is 3.28. The maximum absolute atomic E-state index is 6.08. The molecule has 0 spiro atoms. The molecule has 2 fully saturated rings. The van der Waals surface area contributed by atoms with E-state index in [9.17, 15) is 0 Å². The Hall–Kier alpha value is -0.770. The molecule has 0 bridgehead atoms. The summed E-state index contributed by atoms with van der Waals surface area (Å²) in [6.45, 7) is 9.25. The molecule has 1 aromatic rings. The van der Waals surface area contributed by atoms with Crippen molar-refractivity contribution in [1.82, 2.24) is 10.2 Å². The first-order valence-electron chi connectivity index (χ1n) is 7.68. The first kappa shape index (κ1) is 14.2. The van der Waals surface area contributed by atoms with E-state index in [0.717, 1.165) is 37.1 Å². The van der Waals surface area contributed by atoms with Crippen LogP contribution in [-0.4, -0.2) is 50.2 Å². The molecule has 110 valence electrons. The number of hydrogen-bond donors (Lipinski definition) is 1. The van der Waals surface area contributed by atoms with Gasteiger partial charge in [0.15, 0.2) is 0 Å². The number of nitrogens with one attached hydrogen (secondary N) is 1. The molecule has 0 amide bonds. The molecule has 2 unspecified atom stereocenters. The van der Waals surface area contributed by atoms with Crippen LogP contribution in [0.4, 0.5) is 5.69 Å². The van der Waals surface area contributed by atoms with Crippen molar-refractivity contribution in [3.63, 3.8) is 0 Å². The summed E-state index contributed by atoms with van der Waals surface area (Å²) < 4.78 is 0. The maximum Gasteiger partial charge on any atom is 0.0426 e. The van der Waals surface area contributed by atoms with Crippen molar-refractivity contribution in [1.29, 1.82) is 0 Å². The molecule has 3 rings (SSSR count). The first-order chi connectivity index (χ1) is 9.72. The fourth-order valence-corrected chi connectivity index (χ4v) is 3.47. The van der Waals surface area contributed by atoms with Crippen LogP contribution in [0, 0.1) is 5.92 Å². The molecule has 0 saturated carbocycles. The molecule has 2 aliphatic heterocycles. The Kier molecular flexibility index (Phi) is 4.49. The van der Waals surface area contributed by atoms with Gasteiger partial charge in [-0.3, -0.25) is 4.90 Å². The van der Waals surface area contributed by atoms with Crippen LogP contribution in [0.1, 0.15) is 13.3 Å². The van der Waals surface area contributed by atoms with Crippen molar-refractivity contribution in [2.45, 2.75) is 19.4 Å². The Morgan fingerprint density at radius 2 is 2.05 bits per heavy atom. The number of halogens is 1. The van der Waals surface area contributed by atoms with Crippen LogP contribution in [0.3, 0.4) is 0 Å². The lowest BCUT2D eigenvalue weighted by atomic mass is 10.0. The Morgan fingerprint density at radius 3 is 2.70 bits per heavy atom. The average Bonchev–Trinajstić information content (AvgIpc) is 2.85. The van der Waals surface area contributed by atoms with Gasteiger partial charge in [0, 0.05) is 49.5 Å². The van der Waals surface area contributed by atoms with Gasteiger partial charge in [-0.15, -0.1) is 0 Å². The highest BCUT2D eigenvalue weighted by Gasteiger charge is 2.26. The van der Waals surface area contributed by atoms with Gasteiger partial charge in [-0.1, -0.05) is 24.6 Å². The van der Waals surface area contributed by atoms with Crippen molar-refractivity contribution in [3.05, 3.63) is 29.3 Å². The minimum atomic E-state index is 0.688. The molecule has 0 aliphatic carbocycles. The predicted octanol–water partition coefficient (Wildman–Crippen LogP) is 2.46. The Labute approximate surface area is 126 Å². The van der Waals surface area contributed by atoms with Crippen LogP contribution in [0.25, 0.3) is 0 Å². The number of rotatable bonds is 3. The third kappa shape index (κ3) is 3.27. The van der Waals surface area contributed by atoms with Gasteiger partial charge in [0.05, 0.1) is 0 Å². The summed E-state index contributed by atoms with van der Waals surface area (Å²) >= 11 is 6.08. The first-order valence-corrected chi connectivity index (χ1v) is 8.06. The van der Waals surface area contributed by atoms with Crippen LogP contribution in [0.5, 0.6) is 0 Å². The largest absolute Gasteiger partial charge is 0.369 e. The Balaban J connectivity index is 1.52. The monoisotopic (exact) mass is 293 g/mol. The molecule has 3 nitrogen and oxygen atoms in total. The van der Waals surface area contributed by atoms with E-state index in [1.54, 1.807) is 0 Å². The van der Waals surface area contributed by atoms with E-state index >= 15 is 0 Å². The zero-order chi connectivity index (χ0) is 13.9. The smallest absolute Gasteiger partial charge is 0.0426 e. The predicted molar refractivity (Wildman–Crippen MR) is 85.7 cm³/mol. The molecule has 2 heterocycles. The van der Waals surface area contributed by atoms with Gasteiger partial charge in [-0.05, 0) is 37.1 Å². The van der Waals surface area contributed by atoms with Gasteiger partial charge in [0.2, 0.25) is 0 Å². The molecule has 0 radical (unpaired) electrons. The summed E-state index contributed by atoms with van der Waals surface area (Å²) in [5, 5.41) is 4.46. The highest BCUT2D eigenvalue weighted by molar-refractivity contribution is 6.30. The zero-order valence-electron chi connectivity index (χ0n) is 12.2. The van der Waals surface area contributed by atoms with Crippen molar-refractivity contribution in [2.75, 3.05) is 44.2 Å². The van der Waals surface area contributed by atoms with Crippen LogP contribution >= 0.6 is 11.6 Å². The summed E-state index contributed by atoms with van der Waals surface area (Å²) in [5.74, 6) is 0.820. The fraction of sp³-hybridized carbons (Fsp3) is 0.625. The molecule has 2 aliphatic rings. The molecule has 2 saturated heterocycles. The second kappa shape index (κ2) is 6.33. The van der Waals surface area contributed by atoms with Gasteiger partial charge in [-0.2, -0.15) is 0 Å². The summed E-state index contributed by atoms with van der Waals surface area (Å²) in [7, 11) is 0. The maximum atomic E-state index is 6.08. The molecule has 2 atom stereocenters. The van der Waals surface area contributed by atoms with Gasteiger partial charge >= 0.3 is 0 Å². The van der Waals surface area contributed by atoms with E-state index in [1.807, 2.05) is 12.1 Å². The van der Waals surface area contributed by atoms with E-state index in [0.29, 0.717) is 6.04 Å². The molecule has 1 N–H and O–H groups in total. The highest BCUT2D eigenvalue weighted by Crippen LogP contribution is 2.21. The Bertz CT molecular complexity index is 443. The van der Waals surface area contributed by atoms with E-state index in [2.05, 4.69) is 34.2 Å². The molecule has 20 heavy (non-hydrogen) atoms. The van der Waals surface area contributed by atoms with Crippen LogP contribution < -0.4 is 10.2 Å². The second-order valence-electron chi connectivity index (χ2n) is 6.09. The zero-order valence-corrected chi connectivity index (χ0v) is 12.9. The number of piperazine rings is 1. The van der Waals surface area contributed by atoms with Gasteiger partial charge in [-0.25, -0.2) is 0 Å². The van der Waals surface area contributed by atoms with Crippen molar-refractivity contribution in [3.8, 4) is 0 Å². The lowest BCUT2D eigenvalue weighted by Crippen LogP contribution is -2.50. The SMILES string of the molecule is CC1CCNC1CN1CCN(c2cccc(Cl)c2)CC1. The standard InChI is InChI=1S/C16H24ClN3/c1-13-5-6-18-16(13)12-19-7-9-20(10-8-19)15-4-2-3-14(17)11-15/h2-4,11,13,16,18H,5-10,12H2,1H3. The average molecular weight is 294 g/mol. The van der Waals surface area contributed by atoms with Crippen LogP contribution in [0.15, 0.2) is 24.3 Å². The summed E-state index contributed by atoms with van der Waals surface area (Å²) in [5.41, 5.74) is 1.25. The number of nitrogens with zero attached hydrogens (tertiary/aromatic N) is 2. The quantitative estimate of drug-likeness (QED) is 0.924. The molecular formula is C16H24ClN3. The number of benzene rings is 1. The van der Waals surface area contributed by atoms with Gasteiger partial charge in [0.1, 0.15) is 0 Å². The van der Waals surface area contributed by atoms with Gasteiger partial charge in [0.25, 0.3) is 0 Å². The Morgan fingerprint density at radius 1 is 1.25 bits per heavy atom.